The van der Waals surface area contributed by atoms with Gasteiger partial charge in [-0.15, -0.1) is 0 Å². The average Bonchev–Trinajstić information content (AvgIpc) is 2.30. The van der Waals surface area contributed by atoms with Gasteiger partial charge in [-0.05, 0) is 39.5 Å². The van der Waals surface area contributed by atoms with Crippen LogP contribution in [0.1, 0.15) is 46.0 Å². The molecule has 2 rings (SSSR count). The number of fused-ring (bicyclic) bond motifs is 2. The van der Waals surface area contributed by atoms with Crippen molar-refractivity contribution in [3.8, 4) is 0 Å². The summed E-state index contributed by atoms with van der Waals surface area (Å²) in [6.07, 6.45) is 4.82. The molecule has 0 heterocycles. The Morgan fingerprint density at radius 2 is 1.71 bits per heavy atom. The zero-order chi connectivity index (χ0) is 12.4. The fourth-order valence-corrected chi connectivity index (χ4v) is 3.47. The van der Waals surface area contributed by atoms with Crippen molar-refractivity contribution in [2.45, 2.75) is 46.0 Å². The minimum Gasteiger partial charge on any atom is -0.343 e. The second kappa shape index (κ2) is 5.19. The van der Waals surface area contributed by atoms with Crippen molar-refractivity contribution >= 4 is 11.7 Å². The van der Waals surface area contributed by atoms with Crippen molar-refractivity contribution in [1.82, 2.24) is 4.90 Å². The standard InChI is InChI=1S/C14H23NO2/c1-3-15(4-2)14(17)12-8-10-6-5-7-11(9-12)13(10)16/h10-12H,3-9H2,1-2H3/t10-,11+,12?. The van der Waals surface area contributed by atoms with Crippen LogP contribution in [0, 0.1) is 17.8 Å². The highest BCUT2D eigenvalue weighted by molar-refractivity contribution is 5.88. The third-order valence-electron chi connectivity index (χ3n) is 4.47. The molecule has 3 heteroatoms. The molecule has 3 atom stereocenters. The van der Waals surface area contributed by atoms with Gasteiger partial charge in [-0.2, -0.15) is 0 Å². The number of rotatable bonds is 3. The number of ketones is 1. The summed E-state index contributed by atoms with van der Waals surface area (Å²) >= 11 is 0. The van der Waals surface area contributed by atoms with Crippen LogP contribution in [-0.4, -0.2) is 29.7 Å². The molecule has 0 aromatic rings. The van der Waals surface area contributed by atoms with Crippen molar-refractivity contribution in [3.63, 3.8) is 0 Å². The maximum absolute atomic E-state index is 12.3. The molecular formula is C14H23NO2. The fourth-order valence-electron chi connectivity index (χ4n) is 3.47. The van der Waals surface area contributed by atoms with E-state index < -0.39 is 0 Å². The van der Waals surface area contributed by atoms with E-state index in [1.165, 1.54) is 6.42 Å². The lowest BCUT2D eigenvalue weighted by molar-refractivity contribution is -0.142. The Hall–Kier alpha value is -0.860. The molecule has 17 heavy (non-hydrogen) atoms. The van der Waals surface area contributed by atoms with Gasteiger partial charge in [-0.3, -0.25) is 9.59 Å². The maximum atomic E-state index is 12.3. The Bertz CT molecular complexity index is 293. The summed E-state index contributed by atoms with van der Waals surface area (Å²) in [5.74, 6) is 1.21. The molecule has 0 saturated heterocycles. The first kappa shape index (κ1) is 12.6. The van der Waals surface area contributed by atoms with E-state index in [2.05, 4.69) is 0 Å². The van der Waals surface area contributed by atoms with Crippen molar-refractivity contribution in [2.75, 3.05) is 13.1 Å². The minimum absolute atomic E-state index is 0.114. The fraction of sp³-hybridized carbons (Fsp3) is 0.857. The molecule has 0 N–H and O–H groups in total. The van der Waals surface area contributed by atoms with E-state index in [1.807, 2.05) is 18.7 Å². The summed E-state index contributed by atoms with van der Waals surface area (Å²) in [4.78, 5) is 26.2. The van der Waals surface area contributed by atoms with E-state index in [9.17, 15) is 9.59 Å². The van der Waals surface area contributed by atoms with Crippen molar-refractivity contribution < 1.29 is 9.59 Å². The van der Waals surface area contributed by atoms with Gasteiger partial charge in [0.2, 0.25) is 5.91 Å². The maximum Gasteiger partial charge on any atom is 0.225 e. The van der Waals surface area contributed by atoms with Gasteiger partial charge >= 0.3 is 0 Å². The molecule has 0 aliphatic heterocycles. The largest absolute Gasteiger partial charge is 0.343 e. The lowest BCUT2D eigenvalue weighted by Crippen LogP contribution is -2.44. The van der Waals surface area contributed by atoms with Crippen LogP contribution >= 0.6 is 0 Å². The predicted octanol–water partition coefficient (Wildman–Crippen LogP) is 2.25. The van der Waals surface area contributed by atoms with Gasteiger partial charge in [0, 0.05) is 30.8 Å². The number of carbonyl (C=O) groups is 2. The molecule has 2 aliphatic carbocycles. The monoisotopic (exact) mass is 237 g/mol. The summed E-state index contributed by atoms with van der Waals surface area (Å²) in [7, 11) is 0. The van der Waals surface area contributed by atoms with Gasteiger partial charge in [0.05, 0.1) is 0 Å². The summed E-state index contributed by atoms with van der Waals surface area (Å²) in [5, 5.41) is 0. The van der Waals surface area contributed by atoms with Crippen LogP contribution in [0.4, 0.5) is 0 Å². The molecule has 0 aromatic heterocycles. The second-order valence-corrected chi connectivity index (χ2v) is 5.41. The molecule has 2 saturated carbocycles. The van der Waals surface area contributed by atoms with Crippen LogP contribution in [0.3, 0.4) is 0 Å². The minimum atomic E-state index is 0.114. The number of Topliss-reactive ketones (excluding diaryl/α,β-unsaturated/α-hetero) is 1. The van der Waals surface area contributed by atoms with Crippen molar-refractivity contribution in [3.05, 3.63) is 0 Å². The zero-order valence-electron chi connectivity index (χ0n) is 10.9. The Labute approximate surface area is 104 Å². The number of nitrogens with zero attached hydrogens (tertiary/aromatic N) is 1. The Morgan fingerprint density at radius 3 is 2.18 bits per heavy atom. The van der Waals surface area contributed by atoms with E-state index in [-0.39, 0.29) is 23.7 Å². The molecule has 1 amide bonds. The number of hydrogen-bond acceptors (Lipinski definition) is 2. The van der Waals surface area contributed by atoms with Gasteiger partial charge < -0.3 is 4.90 Å². The number of hydrogen-bond donors (Lipinski definition) is 0. The molecule has 2 bridgehead atoms. The third-order valence-corrected chi connectivity index (χ3v) is 4.47. The Balaban J connectivity index is 2.04. The topological polar surface area (TPSA) is 37.4 Å². The van der Waals surface area contributed by atoms with Crippen LogP contribution in [0.25, 0.3) is 0 Å². The quantitative estimate of drug-likeness (QED) is 0.755. The summed E-state index contributed by atoms with van der Waals surface area (Å²) in [6.45, 7) is 5.62. The van der Waals surface area contributed by atoms with E-state index in [0.29, 0.717) is 5.78 Å². The zero-order valence-corrected chi connectivity index (χ0v) is 10.9. The lowest BCUT2D eigenvalue weighted by atomic mass is 9.67. The Morgan fingerprint density at radius 1 is 1.18 bits per heavy atom. The normalized spacial score (nSPS) is 32.4. The van der Waals surface area contributed by atoms with Gasteiger partial charge in [-0.25, -0.2) is 0 Å². The first-order valence-corrected chi connectivity index (χ1v) is 6.99. The van der Waals surface area contributed by atoms with E-state index in [0.717, 1.165) is 38.8 Å². The molecule has 2 aliphatic rings. The predicted molar refractivity (Wildman–Crippen MR) is 66.5 cm³/mol. The van der Waals surface area contributed by atoms with E-state index in [1.54, 1.807) is 0 Å². The lowest BCUT2D eigenvalue weighted by Gasteiger charge is -2.38. The summed E-state index contributed by atoms with van der Waals surface area (Å²) in [5.41, 5.74) is 0. The van der Waals surface area contributed by atoms with Crippen LogP contribution in [-0.2, 0) is 9.59 Å². The third kappa shape index (κ3) is 2.38. The van der Waals surface area contributed by atoms with Crippen LogP contribution in [0.5, 0.6) is 0 Å². The first-order chi connectivity index (χ1) is 8.17. The van der Waals surface area contributed by atoms with Crippen LogP contribution in [0.15, 0.2) is 0 Å². The van der Waals surface area contributed by atoms with Crippen molar-refractivity contribution in [1.29, 1.82) is 0 Å². The van der Waals surface area contributed by atoms with E-state index in [4.69, 9.17) is 0 Å². The molecule has 0 aromatic carbocycles. The molecule has 3 nitrogen and oxygen atoms in total. The number of amides is 1. The molecule has 1 unspecified atom stereocenters. The molecule has 96 valence electrons. The molecule has 0 spiro atoms. The van der Waals surface area contributed by atoms with Crippen LogP contribution < -0.4 is 0 Å². The smallest absolute Gasteiger partial charge is 0.225 e. The summed E-state index contributed by atoms with van der Waals surface area (Å²) in [6, 6.07) is 0. The highest BCUT2D eigenvalue weighted by Gasteiger charge is 2.41. The highest BCUT2D eigenvalue weighted by Crippen LogP contribution is 2.40. The number of carbonyl (C=O) groups excluding carboxylic acids is 2. The molecular weight excluding hydrogens is 214 g/mol. The SMILES string of the molecule is CCN(CC)C(=O)C1C[C@H]2CCC[C@@H](C1)C2=O. The van der Waals surface area contributed by atoms with Gasteiger partial charge in [-0.1, -0.05) is 6.42 Å². The highest BCUT2D eigenvalue weighted by atomic mass is 16.2. The molecule has 0 radical (unpaired) electrons. The molecule has 2 fully saturated rings. The first-order valence-electron chi connectivity index (χ1n) is 6.99. The Kier molecular flexibility index (Phi) is 3.85. The van der Waals surface area contributed by atoms with Gasteiger partial charge in [0.25, 0.3) is 0 Å². The second-order valence-electron chi connectivity index (χ2n) is 5.41. The van der Waals surface area contributed by atoms with Crippen LogP contribution in [0.2, 0.25) is 0 Å². The summed E-state index contributed by atoms with van der Waals surface area (Å²) < 4.78 is 0. The average molecular weight is 237 g/mol. The van der Waals surface area contributed by atoms with Crippen molar-refractivity contribution in [2.24, 2.45) is 17.8 Å². The van der Waals surface area contributed by atoms with E-state index >= 15 is 0 Å². The van der Waals surface area contributed by atoms with Gasteiger partial charge in [0.15, 0.2) is 0 Å². The van der Waals surface area contributed by atoms with Gasteiger partial charge in [0.1, 0.15) is 5.78 Å².